The molecule has 160 valence electrons. The predicted molar refractivity (Wildman–Crippen MR) is 117 cm³/mol. The Hall–Kier alpha value is -2.95. The fraction of sp³-hybridized carbons (Fsp3) is 0.400. The molecule has 1 aromatic carbocycles. The molecule has 0 aromatic heterocycles. The number of aliphatic hydroxyl groups is 1. The van der Waals surface area contributed by atoms with Crippen molar-refractivity contribution in [1.29, 1.82) is 0 Å². The third-order valence-electron chi connectivity index (χ3n) is 5.24. The second-order valence-corrected chi connectivity index (χ2v) is 8.51. The van der Waals surface area contributed by atoms with Crippen LogP contribution >= 0.6 is 0 Å². The zero-order valence-electron chi connectivity index (χ0n) is 18.4. The SMILES string of the molecule is C/C=C(\C)CC/C=C(\C)C(=O)OCC(C)(C)CC1=C(O)C(=O)c2ccccc2C1=O. The third-order valence-corrected chi connectivity index (χ3v) is 5.24. The van der Waals surface area contributed by atoms with E-state index in [0.717, 1.165) is 12.8 Å². The maximum atomic E-state index is 12.8. The number of carbonyl (C=O) groups is 3. The first kappa shape index (κ1) is 23.3. The molecule has 5 nitrogen and oxygen atoms in total. The highest BCUT2D eigenvalue weighted by Crippen LogP contribution is 2.33. The first-order valence-corrected chi connectivity index (χ1v) is 10.1. The largest absolute Gasteiger partial charge is 0.504 e. The molecule has 2 rings (SSSR count). The Kier molecular flexibility index (Phi) is 7.54. The molecule has 0 unspecified atom stereocenters. The number of ketones is 2. The molecule has 1 N–H and O–H groups in total. The summed E-state index contributed by atoms with van der Waals surface area (Å²) >= 11 is 0. The van der Waals surface area contributed by atoms with Crippen LogP contribution in [0.15, 0.2) is 58.9 Å². The second kappa shape index (κ2) is 9.70. The minimum absolute atomic E-state index is 0.0603. The lowest BCUT2D eigenvalue weighted by Crippen LogP contribution is -2.28. The van der Waals surface area contributed by atoms with E-state index >= 15 is 0 Å². The Labute approximate surface area is 178 Å². The molecular formula is C25H30O5. The van der Waals surface area contributed by atoms with Gasteiger partial charge in [0, 0.05) is 27.7 Å². The van der Waals surface area contributed by atoms with Crippen LogP contribution in [0, 0.1) is 5.41 Å². The summed E-state index contributed by atoms with van der Waals surface area (Å²) in [7, 11) is 0. The smallest absolute Gasteiger partial charge is 0.333 e. The van der Waals surface area contributed by atoms with E-state index in [9.17, 15) is 19.5 Å². The average Bonchev–Trinajstić information content (AvgIpc) is 2.73. The molecule has 5 heteroatoms. The van der Waals surface area contributed by atoms with Gasteiger partial charge in [-0.15, -0.1) is 0 Å². The van der Waals surface area contributed by atoms with E-state index in [4.69, 9.17) is 4.74 Å². The van der Waals surface area contributed by atoms with Crippen LogP contribution in [0.1, 0.15) is 74.6 Å². The van der Waals surface area contributed by atoms with Gasteiger partial charge in [0.15, 0.2) is 11.5 Å². The normalized spacial score (nSPS) is 15.4. The first-order chi connectivity index (χ1) is 14.1. The molecule has 0 spiro atoms. The Bertz CT molecular complexity index is 944. The maximum Gasteiger partial charge on any atom is 0.333 e. The molecule has 1 aromatic rings. The highest BCUT2D eigenvalue weighted by Gasteiger charge is 2.35. The van der Waals surface area contributed by atoms with E-state index in [1.165, 1.54) is 11.6 Å². The number of Topliss-reactive ketones (excluding diaryl/α,β-unsaturated/α-hetero) is 2. The fourth-order valence-electron chi connectivity index (χ4n) is 3.23. The zero-order valence-corrected chi connectivity index (χ0v) is 18.4. The van der Waals surface area contributed by atoms with Gasteiger partial charge in [-0.3, -0.25) is 9.59 Å². The molecule has 0 saturated heterocycles. The number of ether oxygens (including phenoxy) is 1. The molecule has 0 amide bonds. The standard InChI is InChI=1S/C25H30O5/c1-6-16(2)10-9-11-17(3)24(29)30-15-25(4,5)14-20-21(26)18-12-7-8-13-19(18)22(27)23(20)28/h6-8,11-13,28H,9-10,14-15H2,1-5H3/b16-6+,17-11+. The number of hydrogen-bond acceptors (Lipinski definition) is 5. The van der Waals surface area contributed by atoms with Gasteiger partial charge in [0.2, 0.25) is 5.78 Å². The van der Waals surface area contributed by atoms with Crippen molar-refractivity contribution in [2.75, 3.05) is 6.61 Å². The number of fused-ring (bicyclic) bond motifs is 1. The summed E-state index contributed by atoms with van der Waals surface area (Å²) in [6.07, 6.45) is 5.67. The summed E-state index contributed by atoms with van der Waals surface area (Å²) in [4.78, 5) is 37.5. The van der Waals surface area contributed by atoms with Crippen LogP contribution in [0.2, 0.25) is 0 Å². The summed E-state index contributed by atoms with van der Waals surface area (Å²) in [5.41, 5.74) is 1.72. The van der Waals surface area contributed by atoms with Crippen LogP contribution in [0.5, 0.6) is 0 Å². The molecule has 1 aliphatic carbocycles. The number of carbonyl (C=O) groups excluding carboxylic acids is 3. The van der Waals surface area contributed by atoms with E-state index in [0.29, 0.717) is 11.1 Å². The first-order valence-electron chi connectivity index (χ1n) is 10.1. The predicted octanol–water partition coefficient (Wildman–Crippen LogP) is 5.53. The number of hydrogen-bond donors (Lipinski definition) is 1. The van der Waals surface area contributed by atoms with Crippen LogP contribution in [0.4, 0.5) is 0 Å². The molecular weight excluding hydrogens is 380 g/mol. The Morgan fingerprint density at radius 3 is 2.30 bits per heavy atom. The minimum Gasteiger partial charge on any atom is -0.504 e. The van der Waals surface area contributed by atoms with Crippen LogP contribution in [-0.4, -0.2) is 29.2 Å². The lowest BCUT2D eigenvalue weighted by atomic mass is 9.79. The van der Waals surface area contributed by atoms with Gasteiger partial charge < -0.3 is 9.84 Å². The highest BCUT2D eigenvalue weighted by molar-refractivity contribution is 6.26. The van der Waals surface area contributed by atoms with Gasteiger partial charge in [0.05, 0.1) is 6.61 Å². The van der Waals surface area contributed by atoms with Crippen LogP contribution in [-0.2, 0) is 9.53 Å². The van der Waals surface area contributed by atoms with Gasteiger partial charge in [-0.2, -0.15) is 0 Å². The van der Waals surface area contributed by atoms with Crippen molar-refractivity contribution in [2.45, 2.75) is 53.9 Å². The molecule has 0 fully saturated rings. The fourth-order valence-corrected chi connectivity index (χ4v) is 3.23. The second-order valence-electron chi connectivity index (χ2n) is 8.51. The van der Waals surface area contributed by atoms with Crippen molar-refractivity contribution in [3.63, 3.8) is 0 Å². The number of benzene rings is 1. The zero-order chi connectivity index (χ0) is 22.5. The van der Waals surface area contributed by atoms with Crippen molar-refractivity contribution in [1.82, 2.24) is 0 Å². The molecule has 0 heterocycles. The van der Waals surface area contributed by atoms with Gasteiger partial charge >= 0.3 is 5.97 Å². The third kappa shape index (κ3) is 5.56. The van der Waals surface area contributed by atoms with Crippen molar-refractivity contribution in [3.8, 4) is 0 Å². The molecule has 0 saturated carbocycles. The number of allylic oxidation sites excluding steroid dienone is 5. The summed E-state index contributed by atoms with van der Waals surface area (Å²) in [5, 5.41) is 10.3. The quantitative estimate of drug-likeness (QED) is 0.346. The Balaban J connectivity index is 2.04. The van der Waals surface area contributed by atoms with Crippen LogP contribution in [0.25, 0.3) is 0 Å². The van der Waals surface area contributed by atoms with E-state index in [-0.39, 0.29) is 29.9 Å². The van der Waals surface area contributed by atoms with Crippen LogP contribution < -0.4 is 0 Å². The van der Waals surface area contributed by atoms with Crippen molar-refractivity contribution < 1.29 is 24.2 Å². The maximum absolute atomic E-state index is 12.8. The molecule has 1 aliphatic rings. The van der Waals surface area contributed by atoms with Gasteiger partial charge in [-0.1, -0.05) is 55.8 Å². The van der Waals surface area contributed by atoms with Gasteiger partial charge in [0.1, 0.15) is 0 Å². The molecule has 0 radical (unpaired) electrons. The van der Waals surface area contributed by atoms with Gasteiger partial charge in [-0.25, -0.2) is 4.79 Å². The van der Waals surface area contributed by atoms with Crippen molar-refractivity contribution in [2.24, 2.45) is 5.41 Å². The Morgan fingerprint density at radius 1 is 1.10 bits per heavy atom. The summed E-state index contributed by atoms with van der Waals surface area (Å²) in [6.45, 7) is 9.46. The molecule has 0 bridgehead atoms. The summed E-state index contributed by atoms with van der Waals surface area (Å²) in [6, 6.07) is 6.45. The number of rotatable bonds is 8. The van der Waals surface area contributed by atoms with Gasteiger partial charge in [-0.05, 0) is 40.0 Å². The monoisotopic (exact) mass is 410 g/mol. The van der Waals surface area contributed by atoms with Crippen molar-refractivity contribution >= 4 is 17.5 Å². The topological polar surface area (TPSA) is 80.7 Å². The average molecular weight is 411 g/mol. The van der Waals surface area contributed by atoms with E-state index in [2.05, 4.69) is 0 Å². The number of esters is 1. The minimum atomic E-state index is -0.636. The Morgan fingerprint density at radius 2 is 1.70 bits per heavy atom. The van der Waals surface area contributed by atoms with Gasteiger partial charge in [0.25, 0.3) is 0 Å². The summed E-state index contributed by atoms with van der Waals surface area (Å²) in [5.74, 6) is -1.84. The lowest BCUT2D eigenvalue weighted by Gasteiger charge is -2.27. The molecule has 0 atom stereocenters. The summed E-state index contributed by atoms with van der Waals surface area (Å²) < 4.78 is 5.44. The van der Waals surface area contributed by atoms with E-state index < -0.39 is 22.9 Å². The van der Waals surface area contributed by atoms with Crippen molar-refractivity contribution in [3.05, 3.63) is 70.0 Å². The highest BCUT2D eigenvalue weighted by atomic mass is 16.5. The molecule has 0 aliphatic heterocycles. The van der Waals surface area contributed by atoms with E-state index in [1.807, 2.05) is 39.8 Å². The number of aliphatic hydroxyl groups excluding tert-OH is 1. The molecule has 30 heavy (non-hydrogen) atoms. The lowest BCUT2D eigenvalue weighted by molar-refractivity contribution is -0.141. The van der Waals surface area contributed by atoms with Crippen LogP contribution in [0.3, 0.4) is 0 Å². The van der Waals surface area contributed by atoms with E-state index in [1.54, 1.807) is 25.1 Å².